The summed E-state index contributed by atoms with van der Waals surface area (Å²) in [4.78, 5) is 16.3. The van der Waals surface area contributed by atoms with E-state index in [4.69, 9.17) is 4.74 Å². The zero-order valence-corrected chi connectivity index (χ0v) is 16.6. The second-order valence-corrected chi connectivity index (χ2v) is 8.00. The molecule has 0 saturated carbocycles. The fraction of sp³-hybridized carbons (Fsp3) is 0.450. The number of thioether (sulfide) groups is 1. The van der Waals surface area contributed by atoms with Crippen LogP contribution in [-0.2, 0) is 16.1 Å². The highest BCUT2D eigenvalue weighted by Gasteiger charge is 2.39. The van der Waals surface area contributed by atoms with Crippen molar-refractivity contribution in [2.45, 2.75) is 32.7 Å². The molecule has 27 heavy (non-hydrogen) atoms. The Morgan fingerprint density at radius 3 is 2.74 bits per heavy atom. The Morgan fingerprint density at radius 2 is 2.15 bits per heavy atom. The van der Waals surface area contributed by atoms with Gasteiger partial charge in [-0.15, -0.1) is 11.8 Å². The summed E-state index contributed by atoms with van der Waals surface area (Å²) in [5, 5.41) is 10.5. The third-order valence-electron chi connectivity index (χ3n) is 4.91. The second kappa shape index (κ2) is 8.46. The molecule has 7 heteroatoms. The fourth-order valence-corrected chi connectivity index (χ4v) is 4.52. The number of likely N-dealkylation sites (tertiary alicyclic amines) is 1. The Kier molecular flexibility index (Phi) is 6.24. The molecule has 3 rings (SSSR count). The van der Waals surface area contributed by atoms with Crippen LogP contribution < -0.4 is 0 Å². The number of rotatable bonds is 7. The molecule has 1 unspecified atom stereocenters. The fourth-order valence-electron chi connectivity index (χ4n) is 3.52. The summed E-state index contributed by atoms with van der Waals surface area (Å²) in [5.74, 6) is -0.462. The van der Waals surface area contributed by atoms with E-state index in [1.807, 2.05) is 26.0 Å². The van der Waals surface area contributed by atoms with Gasteiger partial charge in [0, 0.05) is 26.7 Å². The third kappa shape index (κ3) is 4.20. The lowest BCUT2D eigenvalue weighted by atomic mass is 10.00. The van der Waals surface area contributed by atoms with Gasteiger partial charge in [0.15, 0.2) is 0 Å². The van der Waals surface area contributed by atoms with Crippen LogP contribution in [-0.4, -0.2) is 59.1 Å². The van der Waals surface area contributed by atoms with Crippen LogP contribution in [0.5, 0.6) is 0 Å². The Balaban J connectivity index is 1.98. The molecule has 1 atom stereocenters. The van der Waals surface area contributed by atoms with Crippen LogP contribution in [0.2, 0.25) is 0 Å². The number of carbonyl (C=O) groups is 1. The van der Waals surface area contributed by atoms with Gasteiger partial charge in [-0.3, -0.25) is 4.90 Å². The minimum absolute atomic E-state index is 0.0724. The molecule has 0 bridgehead atoms. The number of ether oxygens (including phenoxy) is 1. The maximum Gasteiger partial charge on any atom is 0.338 e. The average Bonchev–Trinajstić information content (AvgIpc) is 2.56. The van der Waals surface area contributed by atoms with E-state index >= 15 is 0 Å². The molecule has 2 aliphatic rings. The summed E-state index contributed by atoms with van der Waals surface area (Å²) in [7, 11) is 1.70. The van der Waals surface area contributed by atoms with Gasteiger partial charge >= 0.3 is 5.97 Å². The van der Waals surface area contributed by atoms with Crippen molar-refractivity contribution in [2.75, 3.05) is 26.0 Å². The van der Waals surface area contributed by atoms with Crippen molar-refractivity contribution in [1.82, 2.24) is 9.80 Å². The largest absolute Gasteiger partial charge is 0.478 e. The van der Waals surface area contributed by atoms with Gasteiger partial charge in [-0.2, -0.15) is 0 Å². The van der Waals surface area contributed by atoms with E-state index < -0.39 is 5.97 Å². The Bertz CT molecular complexity index is 774. The van der Waals surface area contributed by atoms with Crippen LogP contribution in [0.4, 0.5) is 4.39 Å². The van der Waals surface area contributed by atoms with E-state index in [1.54, 1.807) is 13.2 Å². The molecule has 0 aliphatic carbocycles. The van der Waals surface area contributed by atoms with E-state index in [2.05, 4.69) is 9.80 Å². The highest BCUT2D eigenvalue weighted by atomic mass is 32.2. The summed E-state index contributed by atoms with van der Waals surface area (Å²) in [5.41, 5.74) is 1.91. The van der Waals surface area contributed by atoms with Crippen molar-refractivity contribution in [3.63, 3.8) is 0 Å². The SMILES string of the molecule is CCSC1=C(C(=O)O)C(C)=CC(N2CC(OC)C2)N1Cc1cccc(F)c1. The maximum absolute atomic E-state index is 13.7. The molecule has 0 aromatic heterocycles. The summed E-state index contributed by atoms with van der Waals surface area (Å²) in [6.07, 6.45) is 2.12. The lowest BCUT2D eigenvalue weighted by Crippen LogP contribution is -2.60. The van der Waals surface area contributed by atoms with E-state index in [9.17, 15) is 14.3 Å². The van der Waals surface area contributed by atoms with E-state index in [0.29, 0.717) is 12.1 Å². The van der Waals surface area contributed by atoms with Crippen molar-refractivity contribution < 1.29 is 19.0 Å². The number of halogens is 1. The summed E-state index contributed by atoms with van der Waals surface area (Å²) in [6, 6.07) is 6.48. The molecule has 5 nitrogen and oxygen atoms in total. The molecule has 1 aromatic rings. The van der Waals surface area contributed by atoms with Crippen molar-refractivity contribution >= 4 is 17.7 Å². The van der Waals surface area contributed by atoms with Crippen molar-refractivity contribution in [1.29, 1.82) is 0 Å². The molecule has 1 fully saturated rings. The molecule has 0 radical (unpaired) electrons. The Morgan fingerprint density at radius 1 is 1.41 bits per heavy atom. The minimum Gasteiger partial charge on any atom is -0.478 e. The normalized spacial score (nSPS) is 21.3. The molecule has 1 saturated heterocycles. The third-order valence-corrected chi connectivity index (χ3v) is 5.91. The van der Waals surface area contributed by atoms with Crippen LogP contribution in [0.3, 0.4) is 0 Å². The van der Waals surface area contributed by atoms with Crippen LogP contribution in [0.25, 0.3) is 0 Å². The number of aliphatic carboxylic acids is 1. The predicted molar refractivity (Wildman–Crippen MR) is 105 cm³/mol. The summed E-state index contributed by atoms with van der Waals surface area (Å²) >= 11 is 1.52. The van der Waals surface area contributed by atoms with Gasteiger partial charge in [0.05, 0.1) is 16.7 Å². The topological polar surface area (TPSA) is 53.0 Å². The number of carboxylic acid groups (broad SMARTS) is 1. The van der Waals surface area contributed by atoms with Crippen molar-refractivity contribution in [3.05, 3.63) is 57.9 Å². The highest BCUT2D eigenvalue weighted by molar-refractivity contribution is 8.03. The lowest BCUT2D eigenvalue weighted by Gasteiger charge is -2.49. The van der Waals surface area contributed by atoms with Crippen LogP contribution in [0.15, 0.2) is 46.5 Å². The first-order valence-corrected chi connectivity index (χ1v) is 10.00. The van der Waals surface area contributed by atoms with Gasteiger partial charge in [0.2, 0.25) is 0 Å². The van der Waals surface area contributed by atoms with Gasteiger partial charge in [0.25, 0.3) is 0 Å². The number of benzene rings is 1. The molecule has 1 N–H and O–H groups in total. The molecule has 2 aliphatic heterocycles. The molecule has 0 amide bonds. The summed E-state index contributed by atoms with van der Waals surface area (Å²) in [6.45, 7) is 5.87. The lowest BCUT2D eigenvalue weighted by molar-refractivity contribution is -0.132. The molecule has 2 heterocycles. The van der Waals surface area contributed by atoms with Crippen LogP contribution in [0, 0.1) is 5.82 Å². The zero-order valence-electron chi connectivity index (χ0n) is 15.8. The number of hydrogen-bond acceptors (Lipinski definition) is 5. The Hall–Kier alpha value is -1.83. The first-order chi connectivity index (χ1) is 12.9. The predicted octanol–water partition coefficient (Wildman–Crippen LogP) is 3.29. The molecule has 146 valence electrons. The molecular weight excluding hydrogens is 367 g/mol. The van der Waals surface area contributed by atoms with E-state index in [0.717, 1.165) is 35.0 Å². The highest BCUT2D eigenvalue weighted by Crippen LogP contribution is 2.38. The number of nitrogens with zero attached hydrogens (tertiary/aromatic N) is 2. The maximum atomic E-state index is 13.7. The monoisotopic (exact) mass is 392 g/mol. The number of carboxylic acids is 1. The first-order valence-electron chi connectivity index (χ1n) is 9.01. The standard InChI is InChI=1S/C20H25FN2O3S/c1-4-27-19-18(20(24)25)13(2)8-17(22-11-16(12-22)26-3)23(19)10-14-6-5-7-15(21)9-14/h5-9,16-17H,4,10-12H2,1-3H3,(H,24,25). The smallest absolute Gasteiger partial charge is 0.338 e. The molecule has 1 aromatic carbocycles. The quantitative estimate of drug-likeness (QED) is 0.769. The number of methoxy groups -OCH3 is 1. The molecular formula is C20H25FN2O3S. The number of hydrogen-bond donors (Lipinski definition) is 1. The van der Waals surface area contributed by atoms with Gasteiger partial charge in [-0.05, 0) is 42.0 Å². The van der Waals surface area contributed by atoms with Gasteiger partial charge < -0.3 is 14.7 Å². The first kappa shape index (κ1) is 19.9. The van der Waals surface area contributed by atoms with Crippen LogP contribution >= 0.6 is 11.8 Å². The van der Waals surface area contributed by atoms with E-state index in [1.165, 1.54) is 23.9 Å². The molecule has 0 spiro atoms. The van der Waals surface area contributed by atoms with Crippen LogP contribution in [0.1, 0.15) is 19.4 Å². The minimum atomic E-state index is -0.930. The van der Waals surface area contributed by atoms with Crippen molar-refractivity contribution in [3.8, 4) is 0 Å². The van der Waals surface area contributed by atoms with Gasteiger partial charge in [-0.1, -0.05) is 19.1 Å². The Labute approximate surface area is 163 Å². The van der Waals surface area contributed by atoms with Gasteiger partial charge in [0.1, 0.15) is 12.0 Å². The van der Waals surface area contributed by atoms with Crippen molar-refractivity contribution in [2.24, 2.45) is 0 Å². The van der Waals surface area contributed by atoms with Gasteiger partial charge in [-0.25, -0.2) is 9.18 Å². The summed E-state index contributed by atoms with van der Waals surface area (Å²) < 4.78 is 19.1. The second-order valence-electron chi connectivity index (χ2n) is 6.75. The zero-order chi connectivity index (χ0) is 19.6. The van der Waals surface area contributed by atoms with E-state index in [-0.39, 0.29) is 18.1 Å². The average molecular weight is 392 g/mol.